The summed E-state index contributed by atoms with van der Waals surface area (Å²) in [5.74, 6) is 0.306. The van der Waals surface area contributed by atoms with Gasteiger partial charge in [0.2, 0.25) is 5.88 Å². The van der Waals surface area contributed by atoms with Crippen molar-refractivity contribution in [2.75, 3.05) is 6.61 Å². The molecule has 0 aliphatic heterocycles. The zero-order valence-corrected chi connectivity index (χ0v) is 18.2. The minimum Gasteiger partial charge on any atom is -0.475 e. The Bertz CT molecular complexity index is 1070. The number of hydrogen-bond acceptors (Lipinski definition) is 5. The van der Waals surface area contributed by atoms with Crippen molar-refractivity contribution < 1.29 is 14.4 Å². The van der Waals surface area contributed by atoms with Crippen LogP contribution in [0.25, 0.3) is 0 Å². The van der Waals surface area contributed by atoms with E-state index in [0.717, 1.165) is 16.7 Å². The van der Waals surface area contributed by atoms with Crippen LogP contribution in [0.5, 0.6) is 5.88 Å². The number of ether oxygens (including phenoxy) is 2. The van der Waals surface area contributed by atoms with Gasteiger partial charge in [-0.1, -0.05) is 91.0 Å². The minimum absolute atomic E-state index is 0.0806. The second kappa shape index (κ2) is 10.1. The first-order chi connectivity index (χ1) is 16.1. The van der Waals surface area contributed by atoms with Crippen LogP contribution in [-0.4, -0.2) is 22.6 Å². The highest BCUT2D eigenvalue weighted by atomic mass is 16.6. The van der Waals surface area contributed by atoms with E-state index in [9.17, 15) is 10.1 Å². The normalized spacial score (nSPS) is 12.2. The molecule has 0 fully saturated rings. The fraction of sp³-hybridized carbons (Fsp3) is 0.148. The standard InChI is InChI=1S/C27H24N2O4/c1-21(20-32-26-18-17-25(19-28-26)29(30)31)33-27(22-11-5-2-6-12-22,23-13-7-3-8-14-23)24-15-9-4-10-16-24/h2-19,21H,20H2,1H3. The second-order valence-electron chi connectivity index (χ2n) is 7.63. The first-order valence-electron chi connectivity index (χ1n) is 10.7. The summed E-state index contributed by atoms with van der Waals surface area (Å²) in [6.45, 7) is 2.16. The van der Waals surface area contributed by atoms with Crippen molar-refractivity contribution in [1.82, 2.24) is 4.98 Å². The average molecular weight is 440 g/mol. The fourth-order valence-corrected chi connectivity index (χ4v) is 3.83. The number of nitro groups is 1. The highest BCUT2D eigenvalue weighted by Crippen LogP contribution is 2.41. The van der Waals surface area contributed by atoms with Crippen LogP contribution >= 0.6 is 0 Å². The van der Waals surface area contributed by atoms with Gasteiger partial charge >= 0.3 is 0 Å². The van der Waals surface area contributed by atoms with E-state index >= 15 is 0 Å². The number of pyridine rings is 1. The van der Waals surface area contributed by atoms with Gasteiger partial charge in [-0.2, -0.15) is 0 Å². The predicted octanol–water partition coefficient (Wildman–Crippen LogP) is 5.77. The van der Waals surface area contributed by atoms with Gasteiger partial charge < -0.3 is 9.47 Å². The molecule has 0 saturated carbocycles. The Kier molecular flexibility index (Phi) is 6.76. The fourth-order valence-electron chi connectivity index (χ4n) is 3.83. The van der Waals surface area contributed by atoms with Crippen molar-refractivity contribution in [1.29, 1.82) is 0 Å². The maximum absolute atomic E-state index is 10.8. The van der Waals surface area contributed by atoms with Gasteiger partial charge in [-0.25, -0.2) is 4.98 Å². The summed E-state index contributed by atoms with van der Waals surface area (Å²) in [7, 11) is 0. The molecule has 4 rings (SSSR count). The van der Waals surface area contributed by atoms with E-state index < -0.39 is 10.5 Å². The average Bonchev–Trinajstić information content (AvgIpc) is 2.88. The molecule has 0 aliphatic carbocycles. The maximum atomic E-state index is 10.8. The molecule has 0 bridgehead atoms. The molecular weight excluding hydrogens is 416 g/mol. The molecule has 0 spiro atoms. The van der Waals surface area contributed by atoms with Crippen LogP contribution in [-0.2, 0) is 10.3 Å². The Hall–Kier alpha value is -4.03. The van der Waals surface area contributed by atoms with Gasteiger partial charge in [0.05, 0.1) is 11.0 Å². The van der Waals surface area contributed by atoms with Crippen LogP contribution in [0, 0.1) is 10.1 Å². The summed E-state index contributed by atoms with van der Waals surface area (Å²) in [6, 6.07) is 33.2. The molecular formula is C27H24N2O4. The molecule has 3 aromatic carbocycles. The Morgan fingerprint density at radius 1 is 0.818 bits per heavy atom. The van der Waals surface area contributed by atoms with Crippen LogP contribution < -0.4 is 4.74 Å². The topological polar surface area (TPSA) is 74.5 Å². The number of rotatable bonds is 9. The Morgan fingerprint density at radius 3 is 1.70 bits per heavy atom. The summed E-state index contributed by atoms with van der Waals surface area (Å²) in [6.07, 6.45) is 0.853. The Balaban J connectivity index is 1.67. The van der Waals surface area contributed by atoms with Crippen molar-refractivity contribution in [3.8, 4) is 5.88 Å². The molecule has 0 N–H and O–H groups in total. The zero-order chi connectivity index (χ0) is 23.1. The first kappa shape index (κ1) is 22.2. The van der Waals surface area contributed by atoms with Crippen molar-refractivity contribution in [3.05, 3.63) is 136 Å². The van der Waals surface area contributed by atoms with E-state index in [4.69, 9.17) is 9.47 Å². The Morgan fingerprint density at radius 2 is 1.30 bits per heavy atom. The molecule has 0 saturated heterocycles. The van der Waals surface area contributed by atoms with Crippen molar-refractivity contribution in [2.24, 2.45) is 0 Å². The highest BCUT2D eigenvalue weighted by molar-refractivity contribution is 5.47. The summed E-state index contributed by atoms with van der Waals surface area (Å²) in [5, 5.41) is 10.8. The quantitative estimate of drug-likeness (QED) is 0.188. The molecule has 6 heteroatoms. The third kappa shape index (κ3) is 4.91. The van der Waals surface area contributed by atoms with Crippen LogP contribution in [0.1, 0.15) is 23.6 Å². The lowest BCUT2D eigenvalue weighted by Crippen LogP contribution is -2.38. The van der Waals surface area contributed by atoms with E-state index in [1.165, 1.54) is 18.3 Å². The molecule has 1 unspecified atom stereocenters. The summed E-state index contributed by atoms with van der Waals surface area (Å²) in [4.78, 5) is 14.4. The lowest BCUT2D eigenvalue weighted by atomic mass is 9.80. The molecule has 0 aliphatic rings. The van der Waals surface area contributed by atoms with Gasteiger partial charge in [-0.05, 0) is 23.6 Å². The number of benzene rings is 3. The molecule has 33 heavy (non-hydrogen) atoms. The van der Waals surface area contributed by atoms with Crippen molar-refractivity contribution in [2.45, 2.75) is 18.6 Å². The van der Waals surface area contributed by atoms with E-state index in [0.29, 0.717) is 5.88 Å². The highest BCUT2D eigenvalue weighted by Gasteiger charge is 2.39. The van der Waals surface area contributed by atoms with E-state index in [-0.39, 0.29) is 18.4 Å². The SMILES string of the molecule is CC(COc1ccc([N+](=O)[O-])cn1)OC(c1ccccc1)(c1ccccc1)c1ccccc1. The molecule has 6 nitrogen and oxygen atoms in total. The number of aromatic nitrogens is 1. The number of nitrogens with zero attached hydrogens (tertiary/aromatic N) is 2. The molecule has 4 aromatic rings. The van der Waals surface area contributed by atoms with Crippen LogP contribution in [0.4, 0.5) is 5.69 Å². The summed E-state index contributed by atoms with van der Waals surface area (Å²) >= 11 is 0. The third-order valence-electron chi connectivity index (χ3n) is 5.32. The van der Waals surface area contributed by atoms with Crippen molar-refractivity contribution >= 4 is 5.69 Å². The maximum Gasteiger partial charge on any atom is 0.287 e. The van der Waals surface area contributed by atoms with Crippen LogP contribution in [0.15, 0.2) is 109 Å². The third-order valence-corrected chi connectivity index (χ3v) is 5.32. The Labute approximate surface area is 192 Å². The molecule has 166 valence electrons. The smallest absolute Gasteiger partial charge is 0.287 e. The zero-order valence-electron chi connectivity index (χ0n) is 18.2. The monoisotopic (exact) mass is 440 g/mol. The minimum atomic E-state index is -0.852. The van der Waals surface area contributed by atoms with Gasteiger partial charge in [0.1, 0.15) is 18.4 Å². The van der Waals surface area contributed by atoms with Gasteiger partial charge in [-0.15, -0.1) is 0 Å². The van der Waals surface area contributed by atoms with Gasteiger partial charge in [0.15, 0.2) is 0 Å². The van der Waals surface area contributed by atoms with E-state index in [1.54, 1.807) is 0 Å². The summed E-state index contributed by atoms with van der Waals surface area (Å²) < 4.78 is 12.6. The second-order valence-corrected chi connectivity index (χ2v) is 7.63. The largest absolute Gasteiger partial charge is 0.475 e. The molecule has 1 atom stereocenters. The van der Waals surface area contributed by atoms with Crippen molar-refractivity contribution in [3.63, 3.8) is 0 Å². The lowest BCUT2D eigenvalue weighted by Gasteiger charge is -2.38. The molecule has 1 heterocycles. The molecule has 0 amide bonds. The predicted molar refractivity (Wildman–Crippen MR) is 126 cm³/mol. The van der Waals surface area contributed by atoms with Crippen LogP contribution in [0.2, 0.25) is 0 Å². The molecule has 0 radical (unpaired) electrons. The van der Waals surface area contributed by atoms with Gasteiger partial charge in [-0.3, -0.25) is 10.1 Å². The van der Waals surface area contributed by atoms with Gasteiger partial charge in [0.25, 0.3) is 5.69 Å². The number of hydrogen-bond donors (Lipinski definition) is 0. The van der Waals surface area contributed by atoms with Crippen LogP contribution in [0.3, 0.4) is 0 Å². The molecule has 1 aromatic heterocycles. The van der Waals surface area contributed by atoms with E-state index in [1.807, 2.05) is 61.5 Å². The van der Waals surface area contributed by atoms with Gasteiger partial charge in [0, 0.05) is 12.1 Å². The van der Waals surface area contributed by atoms with E-state index in [2.05, 4.69) is 41.4 Å². The lowest BCUT2D eigenvalue weighted by molar-refractivity contribution is -0.385. The summed E-state index contributed by atoms with van der Waals surface area (Å²) in [5.41, 5.74) is 2.08. The first-order valence-corrected chi connectivity index (χ1v) is 10.7.